The van der Waals surface area contributed by atoms with Gasteiger partial charge in [0, 0.05) is 15.6 Å². The van der Waals surface area contributed by atoms with E-state index in [0.717, 1.165) is 12.0 Å². The number of nitrogens with zero attached hydrogens (tertiary/aromatic N) is 1. The largest absolute Gasteiger partial charge is 0.291 e. The maximum atomic E-state index is 11.2. The maximum Gasteiger partial charge on any atom is 0.291 e. The summed E-state index contributed by atoms with van der Waals surface area (Å²) in [7, 11) is 0. The lowest BCUT2D eigenvalue weighted by Gasteiger charge is -2.18. The van der Waals surface area contributed by atoms with Crippen molar-refractivity contribution in [3.8, 4) is 0 Å². The summed E-state index contributed by atoms with van der Waals surface area (Å²) >= 11 is 5.76. The molecule has 86 valence electrons. The van der Waals surface area contributed by atoms with E-state index in [1.54, 1.807) is 13.8 Å². The van der Waals surface area contributed by atoms with Crippen molar-refractivity contribution in [1.29, 1.82) is 0 Å². The highest BCUT2D eigenvalue weighted by Gasteiger charge is 2.28. The molecular formula is C12H14ClNO2. The number of rotatable bonds is 4. The number of halogens is 1. The van der Waals surface area contributed by atoms with Gasteiger partial charge in [-0.15, -0.1) is 4.91 Å². The monoisotopic (exact) mass is 239 g/mol. The zero-order valence-corrected chi connectivity index (χ0v) is 10.1. The minimum atomic E-state index is -0.693. The number of carbonyl (C=O) groups is 1. The molecule has 0 fully saturated rings. The van der Waals surface area contributed by atoms with Gasteiger partial charge in [0.25, 0.3) is 5.91 Å². The Balaban J connectivity index is 2.60. The van der Waals surface area contributed by atoms with Crippen LogP contribution in [0.1, 0.15) is 25.8 Å². The van der Waals surface area contributed by atoms with E-state index in [4.69, 9.17) is 11.6 Å². The van der Waals surface area contributed by atoms with Gasteiger partial charge in [-0.3, -0.25) is 4.79 Å². The zero-order valence-electron chi connectivity index (χ0n) is 9.37. The molecule has 0 saturated carbocycles. The lowest BCUT2D eigenvalue weighted by molar-refractivity contribution is -0.126. The van der Waals surface area contributed by atoms with Gasteiger partial charge in [0.2, 0.25) is 0 Å². The van der Waals surface area contributed by atoms with Gasteiger partial charge in [-0.1, -0.05) is 37.6 Å². The van der Waals surface area contributed by atoms with E-state index in [2.05, 4.69) is 5.18 Å². The van der Waals surface area contributed by atoms with Gasteiger partial charge >= 0.3 is 0 Å². The second-order valence-corrected chi connectivity index (χ2v) is 4.84. The van der Waals surface area contributed by atoms with Crippen molar-refractivity contribution in [2.75, 3.05) is 0 Å². The average molecular weight is 240 g/mol. The van der Waals surface area contributed by atoms with Crippen molar-refractivity contribution in [2.45, 2.75) is 26.7 Å². The van der Waals surface area contributed by atoms with E-state index in [1.807, 2.05) is 24.3 Å². The molecule has 1 amide bonds. The highest BCUT2D eigenvalue weighted by Crippen LogP contribution is 2.25. The fraction of sp³-hybridized carbons (Fsp3) is 0.417. The van der Waals surface area contributed by atoms with E-state index in [0.29, 0.717) is 11.4 Å². The predicted octanol–water partition coefficient (Wildman–Crippen LogP) is 3.59. The second-order valence-electron chi connectivity index (χ2n) is 4.41. The van der Waals surface area contributed by atoms with E-state index in [-0.39, 0.29) is 0 Å². The smallest absolute Gasteiger partial charge is 0.268 e. The van der Waals surface area contributed by atoms with Crippen molar-refractivity contribution >= 4 is 17.5 Å². The van der Waals surface area contributed by atoms with Crippen LogP contribution in [-0.4, -0.2) is 5.91 Å². The Morgan fingerprint density at radius 2 is 1.88 bits per heavy atom. The summed E-state index contributed by atoms with van der Waals surface area (Å²) < 4.78 is 0. The molecule has 3 nitrogen and oxygen atoms in total. The normalized spacial score (nSPS) is 11.2. The SMILES string of the molecule is CC(C)(CCc1ccc(Cl)cc1)C(=O)N=O. The summed E-state index contributed by atoms with van der Waals surface area (Å²) in [5.41, 5.74) is 0.401. The second kappa shape index (κ2) is 5.21. The third-order valence-electron chi connectivity index (χ3n) is 2.61. The predicted molar refractivity (Wildman–Crippen MR) is 64.4 cm³/mol. The maximum absolute atomic E-state index is 11.2. The Labute approximate surface area is 99.8 Å². The standard InChI is InChI=1S/C12H14ClNO2/c1-12(2,11(15)14-16)8-7-9-3-5-10(13)6-4-9/h3-6H,7-8H2,1-2H3. The van der Waals surface area contributed by atoms with E-state index < -0.39 is 11.3 Å². The summed E-state index contributed by atoms with van der Waals surface area (Å²) in [6, 6.07) is 7.45. The van der Waals surface area contributed by atoms with Crippen LogP contribution in [0.5, 0.6) is 0 Å². The molecular weight excluding hydrogens is 226 g/mol. The Morgan fingerprint density at radius 3 is 2.38 bits per heavy atom. The summed E-state index contributed by atoms with van der Waals surface area (Å²) in [5, 5.41) is 3.17. The van der Waals surface area contributed by atoms with Crippen LogP contribution < -0.4 is 0 Å². The number of aryl methyl sites for hydroxylation is 1. The van der Waals surface area contributed by atoms with E-state index in [1.165, 1.54) is 0 Å². The van der Waals surface area contributed by atoms with Gasteiger partial charge in [0.15, 0.2) is 0 Å². The molecule has 0 aliphatic rings. The van der Waals surface area contributed by atoms with Crippen LogP contribution in [0.15, 0.2) is 29.4 Å². The Bertz CT molecular complexity index is 385. The van der Waals surface area contributed by atoms with Crippen LogP contribution in [0.2, 0.25) is 5.02 Å². The van der Waals surface area contributed by atoms with Crippen LogP contribution in [0.25, 0.3) is 0 Å². The first kappa shape index (κ1) is 12.8. The lowest BCUT2D eigenvalue weighted by atomic mass is 9.85. The molecule has 1 aromatic rings. The van der Waals surface area contributed by atoms with Crippen LogP contribution in [0, 0.1) is 10.3 Å². The van der Waals surface area contributed by atoms with Crippen LogP contribution in [0.3, 0.4) is 0 Å². The number of carbonyl (C=O) groups excluding carboxylic acids is 1. The molecule has 0 heterocycles. The summed E-state index contributed by atoms with van der Waals surface area (Å²) in [5.74, 6) is -0.596. The number of amides is 1. The molecule has 0 aliphatic heterocycles. The molecule has 0 spiro atoms. The Kier molecular flexibility index (Phi) is 4.19. The quantitative estimate of drug-likeness (QED) is 0.754. The molecule has 0 aliphatic carbocycles. The summed E-state index contributed by atoms with van der Waals surface area (Å²) in [6.45, 7) is 3.46. The summed E-state index contributed by atoms with van der Waals surface area (Å²) in [6.07, 6.45) is 1.32. The minimum Gasteiger partial charge on any atom is -0.268 e. The van der Waals surface area contributed by atoms with Gasteiger partial charge in [0.1, 0.15) is 0 Å². The first-order valence-electron chi connectivity index (χ1n) is 5.08. The van der Waals surface area contributed by atoms with E-state index >= 15 is 0 Å². The number of benzene rings is 1. The highest BCUT2D eigenvalue weighted by molar-refractivity contribution is 6.30. The van der Waals surface area contributed by atoms with Gasteiger partial charge in [-0.05, 0) is 30.5 Å². The average Bonchev–Trinajstić information content (AvgIpc) is 2.27. The van der Waals surface area contributed by atoms with Gasteiger partial charge in [0.05, 0.1) is 0 Å². The molecule has 1 rings (SSSR count). The molecule has 1 aromatic carbocycles. The fourth-order valence-electron chi connectivity index (χ4n) is 1.34. The third kappa shape index (κ3) is 3.42. The first-order chi connectivity index (χ1) is 7.45. The summed E-state index contributed by atoms with van der Waals surface area (Å²) in [4.78, 5) is 21.4. The molecule has 0 unspecified atom stereocenters. The Morgan fingerprint density at radius 1 is 1.31 bits per heavy atom. The lowest BCUT2D eigenvalue weighted by Crippen LogP contribution is -2.22. The molecule has 0 atom stereocenters. The van der Waals surface area contributed by atoms with Gasteiger partial charge < -0.3 is 0 Å². The third-order valence-corrected chi connectivity index (χ3v) is 2.87. The van der Waals surface area contributed by atoms with Crippen molar-refractivity contribution in [3.05, 3.63) is 39.8 Å². The first-order valence-corrected chi connectivity index (χ1v) is 5.46. The number of hydrogen-bond acceptors (Lipinski definition) is 2. The van der Waals surface area contributed by atoms with Gasteiger partial charge in [-0.25, -0.2) is 0 Å². The van der Waals surface area contributed by atoms with Crippen LogP contribution in [-0.2, 0) is 11.2 Å². The number of hydrogen-bond donors (Lipinski definition) is 0. The fourth-order valence-corrected chi connectivity index (χ4v) is 1.46. The number of nitroso groups, excluding NO2 is 1. The van der Waals surface area contributed by atoms with Crippen molar-refractivity contribution in [3.63, 3.8) is 0 Å². The van der Waals surface area contributed by atoms with Gasteiger partial charge in [-0.2, -0.15) is 0 Å². The molecule has 0 saturated heterocycles. The molecule has 0 aromatic heterocycles. The molecule has 0 bridgehead atoms. The van der Waals surface area contributed by atoms with E-state index in [9.17, 15) is 9.70 Å². The molecule has 4 heteroatoms. The van der Waals surface area contributed by atoms with Crippen molar-refractivity contribution < 1.29 is 4.79 Å². The molecule has 0 N–H and O–H groups in total. The Hall–Kier alpha value is -1.22. The van der Waals surface area contributed by atoms with Crippen molar-refractivity contribution in [2.24, 2.45) is 10.6 Å². The minimum absolute atomic E-state index is 0.596. The zero-order chi connectivity index (χ0) is 12.2. The van der Waals surface area contributed by atoms with Crippen LogP contribution >= 0.6 is 11.6 Å². The topological polar surface area (TPSA) is 46.5 Å². The van der Waals surface area contributed by atoms with Crippen molar-refractivity contribution in [1.82, 2.24) is 0 Å². The molecule has 0 radical (unpaired) electrons. The molecule has 16 heavy (non-hydrogen) atoms. The highest BCUT2D eigenvalue weighted by atomic mass is 35.5. The van der Waals surface area contributed by atoms with Crippen LogP contribution in [0.4, 0.5) is 0 Å².